The monoisotopic (exact) mass is 635 g/mol. The van der Waals surface area contributed by atoms with Crippen LogP contribution < -0.4 is 0 Å². The van der Waals surface area contributed by atoms with Gasteiger partial charge in [-0.25, -0.2) is 0 Å². The summed E-state index contributed by atoms with van der Waals surface area (Å²) in [6.07, 6.45) is 0. The molecule has 5 heteroatoms. The first kappa shape index (κ1) is 28.8. The fraction of sp³-hybridized carbons (Fsp3) is 0. The van der Waals surface area contributed by atoms with E-state index in [1.165, 1.54) is 10.8 Å². The number of fused-ring (bicyclic) bond motifs is 6. The molecule has 7 aromatic carbocycles. The van der Waals surface area contributed by atoms with Crippen LogP contribution in [0.1, 0.15) is 16.7 Å². The second kappa shape index (κ2) is 11.4. The molecule has 0 unspecified atom stereocenters. The van der Waals surface area contributed by atoms with E-state index in [-0.39, 0.29) is 0 Å². The van der Waals surface area contributed by atoms with Gasteiger partial charge in [-0.05, 0) is 77.4 Å². The minimum atomic E-state index is 0.522. The van der Waals surface area contributed by atoms with Gasteiger partial charge in [-0.2, -0.15) is 15.8 Å². The fourth-order valence-electron chi connectivity index (χ4n) is 7.46. The first-order chi connectivity index (χ1) is 24.7. The molecule has 0 saturated carbocycles. The smallest absolute Gasteiger partial charge is 0.101 e. The zero-order valence-electron chi connectivity index (χ0n) is 26.7. The quantitative estimate of drug-likeness (QED) is 0.193. The SMILES string of the molecule is N#Cc1ccc2c(c1)c1cccc(C#N)c1n2-c1ccc(-c2cccc(-c3ccccc3-n3c4ccccc4c4ccccc43)c2)c(C#N)c1. The number of aromatic nitrogens is 2. The summed E-state index contributed by atoms with van der Waals surface area (Å²) in [7, 11) is 0. The Morgan fingerprint density at radius 2 is 1.04 bits per heavy atom. The second-order valence-corrected chi connectivity index (χ2v) is 12.3. The Bertz CT molecular complexity index is 2920. The number of para-hydroxylation sites is 4. The highest BCUT2D eigenvalue weighted by Gasteiger charge is 2.19. The van der Waals surface area contributed by atoms with E-state index < -0.39 is 0 Å². The lowest BCUT2D eigenvalue weighted by molar-refractivity contribution is 1.17. The van der Waals surface area contributed by atoms with Crippen LogP contribution >= 0.6 is 0 Å². The first-order valence-corrected chi connectivity index (χ1v) is 16.3. The summed E-state index contributed by atoms with van der Waals surface area (Å²) in [5.74, 6) is 0. The number of rotatable bonds is 4. The van der Waals surface area contributed by atoms with E-state index in [2.05, 4.69) is 108 Å². The molecule has 0 N–H and O–H groups in total. The van der Waals surface area contributed by atoms with E-state index in [0.717, 1.165) is 66.5 Å². The molecule has 2 heterocycles. The average Bonchev–Trinajstić information content (AvgIpc) is 3.70. The van der Waals surface area contributed by atoms with Crippen LogP contribution in [0.5, 0.6) is 0 Å². The minimum absolute atomic E-state index is 0.522. The Hall–Kier alpha value is -7.39. The summed E-state index contributed by atoms with van der Waals surface area (Å²) in [6, 6.07) is 57.9. The molecule has 9 rings (SSSR count). The van der Waals surface area contributed by atoms with Gasteiger partial charge in [0.05, 0.1) is 56.6 Å². The molecular weight excluding hydrogens is 611 g/mol. The maximum atomic E-state index is 10.5. The van der Waals surface area contributed by atoms with Crippen LogP contribution in [0.3, 0.4) is 0 Å². The topological polar surface area (TPSA) is 81.2 Å². The number of hydrogen-bond donors (Lipinski definition) is 0. The third-order valence-corrected chi connectivity index (χ3v) is 9.63. The number of nitriles is 3. The molecule has 0 aliphatic carbocycles. The Morgan fingerprint density at radius 1 is 0.400 bits per heavy atom. The van der Waals surface area contributed by atoms with Gasteiger partial charge in [0.1, 0.15) is 6.07 Å². The van der Waals surface area contributed by atoms with Crippen LogP contribution in [0.4, 0.5) is 0 Å². The van der Waals surface area contributed by atoms with Gasteiger partial charge in [0.15, 0.2) is 0 Å². The highest BCUT2D eigenvalue weighted by molar-refractivity contribution is 6.12. The number of nitrogens with zero attached hydrogens (tertiary/aromatic N) is 5. The molecule has 0 atom stereocenters. The lowest BCUT2D eigenvalue weighted by Crippen LogP contribution is -1.98. The molecule has 0 saturated heterocycles. The average molecular weight is 636 g/mol. The van der Waals surface area contributed by atoms with Gasteiger partial charge in [-0.15, -0.1) is 0 Å². The lowest BCUT2D eigenvalue weighted by Gasteiger charge is -2.15. The van der Waals surface area contributed by atoms with Crippen molar-refractivity contribution >= 4 is 43.6 Å². The maximum absolute atomic E-state index is 10.5. The van der Waals surface area contributed by atoms with Crippen LogP contribution in [0.15, 0.2) is 152 Å². The molecular formula is C45H25N5. The Labute approximate surface area is 287 Å². The minimum Gasteiger partial charge on any atom is -0.309 e. The summed E-state index contributed by atoms with van der Waals surface area (Å²) in [6.45, 7) is 0. The molecule has 0 aliphatic rings. The van der Waals surface area contributed by atoms with E-state index in [1.807, 2.05) is 59.2 Å². The van der Waals surface area contributed by atoms with Crippen LogP contribution in [0.25, 0.3) is 77.2 Å². The van der Waals surface area contributed by atoms with E-state index in [1.54, 1.807) is 12.1 Å². The van der Waals surface area contributed by atoms with Crippen molar-refractivity contribution in [1.82, 2.24) is 9.13 Å². The summed E-state index contributed by atoms with van der Waals surface area (Å²) in [5.41, 5.74) is 11.2. The van der Waals surface area contributed by atoms with Crippen molar-refractivity contribution in [2.45, 2.75) is 0 Å². The molecule has 0 amide bonds. The first-order valence-electron chi connectivity index (χ1n) is 16.3. The fourth-order valence-corrected chi connectivity index (χ4v) is 7.46. The molecule has 50 heavy (non-hydrogen) atoms. The molecule has 0 spiro atoms. The van der Waals surface area contributed by atoms with Gasteiger partial charge in [0.2, 0.25) is 0 Å². The lowest BCUT2D eigenvalue weighted by atomic mass is 9.95. The van der Waals surface area contributed by atoms with Crippen molar-refractivity contribution in [3.05, 3.63) is 168 Å². The number of hydrogen-bond acceptors (Lipinski definition) is 3. The normalized spacial score (nSPS) is 11.1. The Morgan fingerprint density at radius 3 is 1.78 bits per heavy atom. The molecule has 230 valence electrons. The third kappa shape index (κ3) is 4.31. The molecule has 2 aromatic heterocycles. The summed E-state index contributed by atoms with van der Waals surface area (Å²) in [4.78, 5) is 0. The Balaban J connectivity index is 1.20. The molecule has 9 aromatic rings. The van der Waals surface area contributed by atoms with E-state index in [0.29, 0.717) is 16.7 Å². The molecule has 0 bridgehead atoms. The van der Waals surface area contributed by atoms with Crippen molar-refractivity contribution in [3.63, 3.8) is 0 Å². The zero-order chi connectivity index (χ0) is 33.8. The van der Waals surface area contributed by atoms with E-state index in [9.17, 15) is 15.8 Å². The van der Waals surface area contributed by atoms with Crippen LogP contribution in [-0.2, 0) is 0 Å². The molecule has 0 fully saturated rings. The molecule has 0 aliphatic heterocycles. The predicted octanol–water partition coefficient (Wildman–Crippen LogP) is 10.8. The van der Waals surface area contributed by atoms with Crippen LogP contribution in [0, 0.1) is 34.0 Å². The van der Waals surface area contributed by atoms with Crippen LogP contribution in [0.2, 0.25) is 0 Å². The second-order valence-electron chi connectivity index (χ2n) is 12.3. The largest absolute Gasteiger partial charge is 0.309 e. The third-order valence-electron chi connectivity index (χ3n) is 9.63. The zero-order valence-corrected chi connectivity index (χ0v) is 26.7. The van der Waals surface area contributed by atoms with Crippen molar-refractivity contribution in [3.8, 4) is 51.8 Å². The van der Waals surface area contributed by atoms with Crippen LogP contribution in [-0.4, -0.2) is 9.13 Å². The Kier molecular flexibility index (Phi) is 6.56. The van der Waals surface area contributed by atoms with Crippen molar-refractivity contribution in [2.75, 3.05) is 0 Å². The van der Waals surface area contributed by atoms with Crippen molar-refractivity contribution in [2.24, 2.45) is 0 Å². The summed E-state index contributed by atoms with van der Waals surface area (Å²) < 4.78 is 4.36. The maximum Gasteiger partial charge on any atom is 0.101 e. The molecule has 0 radical (unpaired) electrons. The van der Waals surface area contributed by atoms with Crippen molar-refractivity contribution < 1.29 is 0 Å². The summed E-state index contributed by atoms with van der Waals surface area (Å²) in [5, 5.41) is 34.3. The predicted molar refractivity (Wildman–Crippen MR) is 200 cm³/mol. The number of benzene rings is 7. The van der Waals surface area contributed by atoms with Gasteiger partial charge < -0.3 is 9.13 Å². The van der Waals surface area contributed by atoms with E-state index >= 15 is 0 Å². The van der Waals surface area contributed by atoms with Crippen molar-refractivity contribution in [1.29, 1.82) is 15.8 Å². The summed E-state index contributed by atoms with van der Waals surface area (Å²) >= 11 is 0. The van der Waals surface area contributed by atoms with Gasteiger partial charge in [-0.1, -0.05) is 91.0 Å². The van der Waals surface area contributed by atoms with E-state index in [4.69, 9.17) is 0 Å². The highest BCUT2D eigenvalue weighted by Crippen LogP contribution is 2.39. The van der Waals surface area contributed by atoms with Gasteiger partial charge in [-0.3, -0.25) is 0 Å². The molecule has 5 nitrogen and oxygen atoms in total. The van der Waals surface area contributed by atoms with Gasteiger partial charge >= 0.3 is 0 Å². The standard InChI is InChI=1S/C45H25N5/c46-26-29-19-22-44-40(23-29)39-15-8-11-32(27-47)45(39)49(44)34-20-21-35(33(25-34)28-48)30-9-7-10-31(24-30)36-12-1-4-16-41(36)50-42-17-5-2-13-37(42)38-14-3-6-18-43(38)50/h1-25H. The highest BCUT2D eigenvalue weighted by atomic mass is 15.0. The van der Waals surface area contributed by atoms with Gasteiger partial charge in [0.25, 0.3) is 0 Å². The van der Waals surface area contributed by atoms with Gasteiger partial charge in [0, 0.05) is 32.8 Å².